The lowest BCUT2D eigenvalue weighted by Crippen LogP contribution is -2.08. The summed E-state index contributed by atoms with van der Waals surface area (Å²) in [5.41, 5.74) is 1.45. The molecule has 0 radical (unpaired) electrons. The van der Waals surface area contributed by atoms with Gasteiger partial charge in [0.15, 0.2) is 17.5 Å². The Hall–Kier alpha value is -3.47. The number of ketones is 1. The number of ether oxygens (including phenoxy) is 1. The zero-order valence-electron chi connectivity index (χ0n) is 15.0. The normalized spacial score (nSPS) is 11.4. The van der Waals surface area contributed by atoms with Gasteiger partial charge in [-0.15, -0.1) is 0 Å². The van der Waals surface area contributed by atoms with Crippen LogP contribution in [-0.2, 0) is 16.0 Å². The Kier molecular flexibility index (Phi) is 5.31. The Labute approximate surface area is 155 Å². The van der Waals surface area contributed by atoms with E-state index in [1.807, 2.05) is 0 Å². The van der Waals surface area contributed by atoms with E-state index in [4.69, 9.17) is 9.15 Å². The summed E-state index contributed by atoms with van der Waals surface area (Å²) in [6.45, 7) is 1.68. The third-order valence-electron chi connectivity index (χ3n) is 4.17. The molecular weight excluding hydrogens is 344 g/mol. The molecule has 1 heterocycles. The van der Waals surface area contributed by atoms with Crippen LogP contribution in [0.25, 0.3) is 17.0 Å². The van der Waals surface area contributed by atoms with Crippen molar-refractivity contribution in [1.82, 2.24) is 0 Å². The highest BCUT2D eigenvalue weighted by molar-refractivity contribution is 6.16. The van der Waals surface area contributed by atoms with Gasteiger partial charge in [-0.3, -0.25) is 14.4 Å². The molecule has 5 heteroatoms. The Balaban J connectivity index is 1.99. The first kappa shape index (κ1) is 18.3. The summed E-state index contributed by atoms with van der Waals surface area (Å²) in [6.07, 6.45) is 2.05. The second-order valence-corrected chi connectivity index (χ2v) is 6.11. The summed E-state index contributed by atoms with van der Waals surface area (Å²) < 4.78 is 10.8. The van der Waals surface area contributed by atoms with E-state index in [1.165, 1.54) is 12.1 Å². The number of hydrogen-bond acceptors (Lipinski definition) is 5. The maximum Gasteiger partial charge on any atom is 0.192 e. The minimum absolute atomic E-state index is 0.00877. The predicted octanol–water partition coefficient (Wildman–Crippen LogP) is 3.50. The number of fused-ring (bicyclic) bond motifs is 1. The molecule has 136 valence electrons. The molecule has 5 nitrogen and oxygen atoms in total. The molecule has 0 atom stereocenters. The van der Waals surface area contributed by atoms with Crippen LogP contribution in [0.15, 0.2) is 63.3 Å². The van der Waals surface area contributed by atoms with Crippen molar-refractivity contribution in [2.24, 2.45) is 0 Å². The molecule has 1 aromatic heterocycles. The van der Waals surface area contributed by atoms with Gasteiger partial charge in [-0.05, 0) is 36.8 Å². The number of carbonyl (C=O) groups is 2. The van der Waals surface area contributed by atoms with Crippen LogP contribution < -0.4 is 10.2 Å². The number of methoxy groups -OCH3 is 1. The van der Waals surface area contributed by atoms with Gasteiger partial charge in [0.1, 0.15) is 17.1 Å². The minimum atomic E-state index is -0.328. The quantitative estimate of drug-likeness (QED) is 0.290. The highest BCUT2D eigenvalue weighted by Crippen LogP contribution is 2.21. The van der Waals surface area contributed by atoms with E-state index in [0.717, 1.165) is 5.56 Å². The van der Waals surface area contributed by atoms with Crippen LogP contribution in [-0.4, -0.2) is 19.2 Å². The van der Waals surface area contributed by atoms with Crippen molar-refractivity contribution in [3.05, 3.63) is 81.2 Å². The molecule has 0 aliphatic carbocycles. The molecule has 0 aliphatic rings. The zero-order chi connectivity index (χ0) is 19.4. The van der Waals surface area contributed by atoms with Crippen molar-refractivity contribution in [3.63, 3.8) is 0 Å². The zero-order valence-corrected chi connectivity index (χ0v) is 15.0. The fourth-order valence-corrected chi connectivity index (χ4v) is 2.85. The molecule has 0 N–H and O–H groups in total. The van der Waals surface area contributed by atoms with Gasteiger partial charge in [-0.2, -0.15) is 0 Å². The van der Waals surface area contributed by atoms with Gasteiger partial charge in [0.2, 0.25) is 0 Å². The van der Waals surface area contributed by atoms with Gasteiger partial charge in [0.05, 0.1) is 18.1 Å². The number of rotatable bonds is 6. The lowest BCUT2D eigenvalue weighted by molar-refractivity contribution is -0.117. The van der Waals surface area contributed by atoms with Crippen LogP contribution in [0.4, 0.5) is 0 Å². The van der Waals surface area contributed by atoms with Crippen molar-refractivity contribution in [2.75, 3.05) is 7.11 Å². The summed E-state index contributed by atoms with van der Waals surface area (Å²) in [4.78, 5) is 36.2. The first-order chi connectivity index (χ1) is 13.0. The maximum absolute atomic E-state index is 12.6. The molecule has 3 rings (SSSR count). The number of Topliss-reactive ketones (excluding diaryl/α,β-unsaturated/α-hetero) is 1. The number of allylic oxidation sites excluding steroid dienone is 1. The molecule has 0 spiro atoms. The van der Waals surface area contributed by atoms with Crippen LogP contribution in [0.3, 0.4) is 0 Å². The molecule has 0 aliphatic heterocycles. The van der Waals surface area contributed by atoms with Crippen molar-refractivity contribution < 1.29 is 18.7 Å². The predicted molar refractivity (Wildman–Crippen MR) is 103 cm³/mol. The van der Waals surface area contributed by atoms with Gasteiger partial charge in [0, 0.05) is 18.1 Å². The van der Waals surface area contributed by atoms with Crippen LogP contribution in [0.1, 0.15) is 16.9 Å². The van der Waals surface area contributed by atoms with Crippen molar-refractivity contribution in [3.8, 4) is 5.75 Å². The molecule has 0 fully saturated rings. The topological polar surface area (TPSA) is 73.6 Å². The van der Waals surface area contributed by atoms with E-state index >= 15 is 0 Å². The summed E-state index contributed by atoms with van der Waals surface area (Å²) in [5.74, 6) is 0.775. The fourth-order valence-electron chi connectivity index (χ4n) is 2.85. The Morgan fingerprint density at radius 1 is 1.15 bits per heavy atom. The molecule has 2 aromatic carbocycles. The number of aryl methyl sites for hydroxylation is 1. The number of aldehydes is 1. The standard InChI is InChI=1S/C22H18O5/c1-14-9-21(25)19-8-4-6-16(22(19)27-14)12-17(13-23)20(24)11-15-5-3-7-18(10-15)26-2/h3-10,12-13H,11H2,1-2H3. The molecule has 0 saturated carbocycles. The lowest BCUT2D eigenvalue weighted by atomic mass is 10.0. The smallest absolute Gasteiger partial charge is 0.192 e. The van der Waals surface area contributed by atoms with E-state index in [0.29, 0.717) is 34.3 Å². The largest absolute Gasteiger partial charge is 0.497 e. The van der Waals surface area contributed by atoms with Crippen molar-refractivity contribution in [2.45, 2.75) is 13.3 Å². The average Bonchev–Trinajstić information content (AvgIpc) is 2.66. The van der Waals surface area contributed by atoms with Gasteiger partial charge >= 0.3 is 0 Å². The van der Waals surface area contributed by atoms with E-state index in [9.17, 15) is 14.4 Å². The molecule has 0 unspecified atom stereocenters. The summed E-state index contributed by atoms with van der Waals surface area (Å²) in [5, 5.41) is 0.403. The number of hydrogen-bond donors (Lipinski definition) is 0. The van der Waals surface area contributed by atoms with Gasteiger partial charge in [0.25, 0.3) is 0 Å². The monoisotopic (exact) mass is 362 g/mol. The highest BCUT2D eigenvalue weighted by atomic mass is 16.5. The Morgan fingerprint density at radius 3 is 2.67 bits per heavy atom. The highest BCUT2D eigenvalue weighted by Gasteiger charge is 2.13. The van der Waals surface area contributed by atoms with Crippen molar-refractivity contribution in [1.29, 1.82) is 0 Å². The molecule has 3 aromatic rings. The fraction of sp³-hybridized carbons (Fsp3) is 0.136. The average molecular weight is 362 g/mol. The second kappa shape index (κ2) is 7.83. The summed E-state index contributed by atoms with van der Waals surface area (Å²) in [6, 6.07) is 13.6. The molecule has 27 heavy (non-hydrogen) atoms. The number of carbonyl (C=O) groups excluding carboxylic acids is 2. The molecule has 0 saturated heterocycles. The van der Waals surface area contributed by atoms with Crippen LogP contribution >= 0.6 is 0 Å². The number of para-hydroxylation sites is 1. The third kappa shape index (κ3) is 4.03. The van der Waals surface area contributed by atoms with E-state index < -0.39 is 0 Å². The SMILES string of the molecule is COc1cccc(CC(=O)C(C=O)=Cc2cccc3c(=O)cc(C)oc23)c1. The Bertz CT molecular complexity index is 1110. The summed E-state index contributed by atoms with van der Waals surface area (Å²) >= 11 is 0. The van der Waals surface area contributed by atoms with Gasteiger partial charge < -0.3 is 9.15 Å². The Morgan fingerprint density at radius 2 is 1.93 bits per heavy atom. The molecule has 0 bridgehead atoms. The van der Waals surface area contributed by atoms with E-state index in [2.05, 4.69) is 0 Å². The van der Waals surface area contributed by atoms with Gasteiger partial charge in [-0.1, -0.05) is 24.3 Å². The van der Waals surface area contributed by atoms with E-state index in [1.54, 1.807) is 56.5 Å². The summed E-state index contributed by atoms with van der Waals surface area (Å²) in [7, 11) is 1.55. The van der Waals surface area contributed by atoms with Crippen LogP contribution in [0.5, 0.6) is 5.75 Å². The molecular formula is C22H18O5. The first-order valence-electron chi connectivity index (χ1n) is 8.38. The van der Waals surface area contributed by atoms with Crippen LogP contribution in [0, 0.1) is 6.92 Å². The minimum Gasteiger partial charge on any atom is -0.497 e. The lowest BCUT2D eigenvalue weighted by Gasteiger charge is -2.06. The van der Waals surface area contributed by atoms with Crippen molar-refractivity contribution >= 4 is 29.1 Å². The number of benzene rings is 2. The maximum atomic E-state index is 12.6. The van der Waals surface area contributed by atoms with Gasteiger partial charge in [-0.25, -0.2) is 0 Å². The van der Waals surface area contributed by atoms with Crippen LogP contribution in [0.2, 0.25) is 0 Å². The third-order valence-corrected chi connectivity index (χ3v) is 4.17. The molecule has 0 amide bonds. The second-order valence-electron chi connectivity index (χ2n) is 6.11. The van der Waals surface area contributed by atoms with E-state index in [-0.39, 0.29) is 23.2 Å². The first-order valence-corrected chi connectivity index (χ1v) is 8.38.